The van der Waals surface area contributed by atoms with Gasteiger partial charge in [-0.1, -0.05) is 30.3 Å². The molecule has 9 nitrogen and oxygen atoms in total. The van der Waals surface area contributed by atoms with Crippen molar-refractivity contribution in [2.45, 2.75) is 0 Å². The van der Waals surface area contributed by atoms with Crippen molar-refractivity contribution >= 4 is 33.1 Å². The summed E-state index contributed by atoms with van der Waals surface area (Å²) in [6.45, 7) is 0. The number of nitro groups is 2. The number of nitrogens with zero attached hydrogens (tertiary/aromatic N) is 3. The van der Waals surface area contributed by atoms with E-state index in [0.29, 0.717) is 5.39 Å². The normalized spacial score (nSPS) is 11.1. The molecule has 1 N–H and O–H groups in total. The van der Waals surface area contributed by atoms with Crippen LogP contribution in [0.2, 0.25) is 0 Å². The first-order valence-corrected chi connectivity index (χ1v) is 8.47. The van der Waals surface area contributed by atoms with Gasteiger partial charge in [-0.25, -0.2) is 0 Å². The summed E-state index contributed by atoms with van der Waals surface area (Å²) >= 11 is 0. The molecule has 0 saturated carbocycles. The van der Waals surface area contributed by atoms with E-state index < -0.39 is 26.8 Å². The van der Waals surface area contributed by atoms with Crippen LogP contribution in [0.25, 0.3) is 32.8 Å². The summed E-state index contributed by atoms with van der Waals surface area (Å²) in [4.78, 5) is 34.1. The lowest BCUT2D eigenvalue weighted by Crippen LogP contribution is -2.17. The number of phenolic OH excluding ortho intramolecular Hbond substituents is 1. The lowest BCUT2D eigenvalue weighted by Gasteiger charge is -2.14. The topological polar surface area (TPSA) is 129 Å². The fraction of sp³-hybridized carbons (Fsp3) is 0.0500. The van der Waals surface area contributed by atoms with Crippen LogP contribution in [0.1, 0.15) is 0 Å². The molecule has 1 heterocycles. The first-order valence-electron chi connectivity index (χ1n) is 8.47. The van der Waals surface area contributed by atoms with E-state index in [1.807, 2.05) is 6.07 Å². The highest BCUT2D eigenvalue weighted by Crippen LogP contribution is 2.41. The Kier molecular flexibility index (Phi) is 4.00. The van der Waals surface area contributed by atoms with Crippen LogP contribution in [0.4, 0.5) is 11.4 Å². The van der Waals surface area contributed by atoms with E-state index in [9.17, 15) is 30.1 Å². The van der Waals surface area contributed by atoms with Gasteiger partial charge in [0.05, 0.1) is 15.9 Å². The molecule has 29 heavy (non-hydrogen) atoms. The van der Waals surface area contributed by atoms with Crippen molar-refractivity contribution in [3.8, 4) is 16.9 Å². The van der Waals surface area contributed by atoms with E-state index in [1.165, 1.54) is 25.2 Å². The van der Waals surface area contributed by atoms with E-state index in [4.69, 9.17) is 0 Å². The third kappa shape index (κ3) is 2.76. The molecule has 0 aliphatic heterocycles. The molecule has 0 radical (unpaired) electrons. The van der Waals surface area contributed by atoms with Crippen molar-refractivity contribution in [1.29, 1.82) is 0 Å². The quantitative estimate of drug-likeness (QED) is 0.417. The lowest BCUT2D eigenvalue weighted by atomic mass is 9.94. The van der Waals surface area contributed by atoms with Gasteiger partial charge in [0.15, 0.2) is 0 Å². The van der Waals surface area contributed by atoms with Crippen molar-refractivity contribution in [2.24, 2.45) is 7.05 Å². The number of hydrogen-bond acceptors (Lipinski definition) is 6. The average Bonchev–Trinajstić information content (AvgIpc) is 2.70. The van der Waals surface area contributed by atoms with Crippen molar-refractivity contribution in [3.63, 3.8) is 0 Å². The molecule has 0 amide bonds. The summed E-state index contributed by atoms with van der Waals surface area (Å²) in [5, 5.41) is 35.0. The van der Waals surface area contributed by atoms with E-state index in [0.717, 1.165) is 16.0 Å². The Morgan fingerprint density at radius 2 is 1.66 bits per heavy atom. The summed E-state index contributed by atoms with van der Waals surface area (Å²) in [5.74, 6) is -0.146. The molecule has 0 fully saturated rings. The summed E-state index contributed by atoms with van der Waals surface area (Å²) in [6, 6.07) is 13.5. The fourth-order valence-electron chi connectivity index (χ4n) is 3.56. The number of aromatic hydroxyl groups is 1. The molecule has 144 valence electrons. The van der Waals surface area contributed by atoms with Crippen LogP contribution in [0.15, 0.2) is 59.4 Å². The number of pyridine rings is 1. The summed E-state index contributed by atoms with van der Waals surface area (Å²) in [5.41, 5.74) is -1.18. The molecule has 4 aromatic rings. The van der Waals surface area contributed by atoms with Gasteiger partial charge in [-0.15, -0.1) is 0 Å². The number of non-ortho nitro benzene ring substituents is 2. The number of rotatable bonds is 3. The van der Waals surface area contributed by atoms with E-state index in [1.54, 1.807) is 24.3 Å². The van der Waals surface area contributed by atoms with E-state index in [2.05, 4.69) is 0 Å². The molecular formula is C20H13N3O6. The maximum atomic E-state index is 12.6. The number of phenols is 1. The summed E-state index contributed by atoms with van der Waals surface area (Å²) in [7, 11) is 1.36. The molecule has 0 bridgehead atoms. The number of aromatic nitrogens is 1. The smallest absolute Gasteiger partial charge is 0.300 e. The molecule has 4 rings (SSSR count). The number of hydrogen-bond donors (Lipinski definition) is 1. The molecule has 0 saturated heterocycles. The zero-order valence-corrected chi connectivity index (χ0v) is 15.0. The molecule has 9 heteroatoms. The monoisotopic (exact) mass is 391 g/mol. The lowest BCUT2D eigenvalue weighted by molar-refractivity contribution is -0.393. The standard InChI is InChI=1S/C20H13N3O6/c1-21-18(25)10-14(19-13-5-3-2-4-11(13)6-7-17(19)24)15-8-12(22(26)27)9-16(20(15)21)23(28)29/h2-10,24H,1H3. The highest BCUT2D eigenvalue weighted by Gasteiger charge is 2.25. The number of fused-ring (bicyclic) bond motifs is 2. The van der Waals surface area contributed by atoms with Crippen LogP contribution >= 0.6 is 0 Å². The maximum Gasteiger partial charge on any atom is 0.300 e. The fourth-order valence-corrected chi connectivity index (χ4v) is 3.56. The van der Waals surface area contributed by atoms with Crippen molar-refractivity contribution in [1.82, 2.24) is 4.57 Å². The Balaban J connectivity index is 2.28. The van der Waals surface area contributed by atoms with Crippen LogP contribution in [-0.4, -0.2) is 19.5 Å². The zero-order chi connectivity index (χ0) is 20.9. The predicted molar refractivity (Wildman–Crippen MR) is 107 cm³/mol. The van der Waals surface area contributed by atoms with Gasteiger partial charge in [0, 0.05) is 35.7 Å². The van der Waals surface area contributed by atoms with Gasteiger partial charge in [0.1, 0.15) is 11.3 Å². The highest BCUT2D eigenvalue weighted by molar-refractivity contribution is 6.08. The molecule has 3 aromatic carbocycles. The van der Waals surface area contributed by atoms with Gasteiger partial charge in [-0.05, 0) is 16.8 Å². The molecule has 0 aliphatic rings. The second kappa shape index (κ2) is 6.41. The molecular weight excluding hydrogens is 378 g/mol. The van der Waals surface area contributed by atoms with Gasteiger partial charge in [0.2, 0.25) is 0 Å². The highest BCUT2D eigenvalue weighted by atomic mass is 16.6. The first-order chi connectivity index (χ1) is 13.8. The molecule has 0 unspecified atom stereocenters. The van der Waals surface area contributed by atoms with Crippen LogP contribution in [0.3, 0.4) is 0 Å². The third-order valence-corrected chi connectivity index (χ3v) is 4.88. The Morgan fingerprint density at radius 3 is 2.34 bits per heavy atom. The Bertz CT molecular complexity index is 1410. The van der Waals surface area contributed by atoms with Gasteiger partial charge in [0.25, 0.3) is 16.9 Å². The van der Waals surface area contributed by atoms with Crippen molar-refractivity contribution < 1.29 is 15.0 Å². The average molecular weight is 391 g/mol. The van der Waals surface area contributed by atoms with Gasteiger partial charge < -0.3 is 9.67 Å². The Hall–Kier alpha value is -4.27. The van der Waals surface area contributed by atoms with Gasteiger partial charge in [-0.2, -0.15) is 0 Å². The molecule has 0 aliphatic carbocycles. The van der Waals surface area contributed by atoms with E-state index >= 15 is 0 Å². The summed E-state index contributed by atoms with van der Waals surface area (Å²) < 4.78 is 1.07. The third-order valence-electron chi connectivity index (χ3n) is 4.88. The predicted octanol–water partition coefficient (Wildman–Crippen LogP) is 3.88. The summed E-state index contributed by atoms with van der Waals surface area (Å²) in [6.07, 6.45) is 0. The van der Waals surface area contributed by atoms with Crippen LogP contribution in [0.5, 0.6) is 5.75 Å². The van der Waals surface area contributed by atoms with E-state index in [-0.39, 0.29) is 27.8 Å². The van der Waals surface area contributed by atoms with Gasteiger partial charge >= 0.3 is 0 Å². The number of nitro benzene ring substituents is 2. The molecule has 1 aromatic heterocycles. The maximum absolute atomic E-state index is 12.6. The number of benzene rings is 3. The van der Waals surface area contributed by atoms with Crippen molar-refractivity contribution in [3.05, 3.63) is 85.2 Å². The second-order valence-corrected chi connectivity index (χ2v) is 6.51. The van der Waals surface area contributed by atoms with Gasteiger partial charge in [-0.3, -0.25) is 25.0 Å². The van der Waals surface area contributed by atoms with Crippen LogP contribution < -0.4 is 5.56 Å². The van der Waals surface area contributed by atoms with Crippen LogP contribution in [0, 0.1) is 20.2 Å². The molecule has 0 atom stereocenters. The second-order valence-electron chi connectivity index (χ2n) is 6.51. The zero-order valence-electron chi connectivity index (χ0n) is 15.0. The molecule has 0 spiro atoms. The largest absolute Gasteiger partial charge is 0.507 e. The first kappa shape index (κ1) is 18.1. The minimum absolute atomic E-state index is 0.0598. The Morgan fingerprint density at radius 1 is 0.931 bits per heavy atom. The number of aryl methyl sites for hydroxylation is 1. The Labute approximate surface area is 162 Å². The SMILES string of the molecule is Cn1c(=O)cc(-c2c(O)ccc3ccccc23)c2cc([N+](=O)[O-])cc([N+](=O)[O-])c21. The minimum atomic E-state index is -0.762. The van der Waals surface area contributed by atoms with Crippen molar-refractivity contribution in [2.75, 3.05) is 0 Å². The van der Waals surface area contributed by atoms with Crippen LogP contribution in [-0.2, 0) is 7.05 Å². The minimum Gasteiger partial charge on any atom is -0.507 e.